The molecule has 0 aliphatic carbocycles. The van der Waals surface area contributed by atoms with Crippen LogP contribution < -0.4 is 10.6 Å². The molecule has 2 heterocycles. The van der Waals surface area contributed by atoms with Crippen LogP contribution >= 0.6 is 11.3 Å². The SMILES string of the molecule is CC1CCNCC1NC(=O)Cc1cccs1. The quantitative estimate of drug-likeness (QED) is 0.836. The minimum Gasteiger partial charge on any atom is -0.352 e. The van der Waals surface area contributed by atoms with E-state index in [4.69, 9.17) is 0 Å². The monoisotopic (exact) mass is 238 g/mol. The molecule has 1 fully saturated rings. The average Bonchev–Trinajstić information content (AvgIpc) is 2.74. The van der Waals surface area contributed by atoms with Crippen molar-refractivity contribution in [2.24, 2.45) is 5.92 Å². The Balaban J connectivity index is 1.82. The Morgan fingerprint density at radius 3 is 3.25 bits per heavy atom. The van der Waals surface area contributed by atoms with Crippen molar-refractivity contribution in [2.45, 2.75) is 25.8 Å². The van der Waals surface area contributed by atoms with Crippen molar-refractivity contribution in [1.82, 2.24) is 10.6 Å². The van der Waals surface area contributed by atoms with E-state index < -0.39 is 0 Å². The summed E-state index contributed by atoms with van der Waals surface area (Å²) >= 11 is 1.64. The lowest BCUT2D eigenvalue weighted by molar-refractivity contribution is -0.121. The zero-order valence-electron chi connectivity index (χ0n) is 9.53. The molecule has 0 bridgehead atoms. The van der Waals surface area contributed by atoms with Crippen LogP contribution in [0.2, 0.25) is 0 Å². The maximum atomic E-state index is 11.8. The third kappa shape index (κ3) is 3.06. The minimum atomic E-state index is 0.142. The number of nitrogens with one attached hydrogen (secondary N) is 2. The van der Waals surface area contributed by atoms with E-state index in [-0.39, 0.29) is 5.91 Å². The van der Waals surface area contributed by atoms with E-state index in [1.165, 1.54) is 0 Å². The fourth-order valence-corrected chi connectivity index (χ4v) is 2.72. The molecule has 0 saturated carbocycles. The van der Waals surface area contributed by atoms with Crippen molar-refractivity contribution in [3.63, 3.8) is 0 Å². The predicted molar refractivity (Wildman–Crippen MR) is 66.6 cm³/mol. The van der Waals surface area contributed by atoms with E-state index in [0.717, 1.165) is 24.4 Å². The van der Waals surface area contributed by atoms with Crippen molar-refractivity contribution in [2.75, 3.05) is 13.1 Å². The number of carbonyl (C=O) groups is 1. The Bertz CT molecular complexity index is 337. The van der Waals surface area contributed by atoms with Crippen molar-refractivity contribution in [3.05, 3.63) is 22.4 Å². The molecule has 4 heteroatoms. The van der Waals surface area contributed by atoms with E-state index in [9.17, 15) is 4.79 Å². The van der Waals surface area contributed by atoms with Crippen LogP contribution in [0.4, 0.5) is 0 Å². The zero-order valence-corrected chi connectivity index (χ0v) is 10.3. The zero-order chi connectivity index (χ0) is 11.4. The average molecular weight is 238 g/mol. The van der Waals surface area contributed by atoms with Gasteiger partial charge >= 0.3 is 0 Å². The highest BCUT2D eigenvalue weighted by Gasteiger charge is 2.22. The van der Waals surface area contributed by atoms with Crippen LogP contribution in [-0.2, 0) is 11.2 Å². The molecular formula is C12H18N2OS. The molecule has 1 aliphatic rings. The Labute approximate surface area is 100 Å². The van der Waals surface area contributed by atoms with Gasteiger partial charge in [0.15, 0.2) is 0 Å². The lowest BCUT2D eigenvalue weighted by Crippen LogP contribution is -2.50. The number of hydrogen-bond acceptors (Lipinski definition) is 3. The third-order valence-electron chi connectivity index (χ3n) is 3.09. The third-order valence-corrected chi connectivity index (χ3v) is 3.97. The highest BCUT2D eigenvalue weighted by atomic mass is 32.1. The maximum Gasteiger partial charge on any atom is 0.225 e. The van der Waals surface area contributed by atoms with Gasteiger partial charge in [-0.3, -0.25) is 4.79 Å². The van der Waals surface area contributed by atoms with Crippen molar-refractivity contribution >= 4 is 17.2 Å². The van der Waals surface area contributed by atoms with Crippen LogP contribution in [-0.4, -0.2) is 25.0 Å². The summed E-state index contributed by atoms with van der Waals surface area (Å²) in [5.74, 6) is 0.719. The molecule has 2 atom stereocenters. The maximum absolute atomic E-state index is 11.8. The first-order valence-corrected chi connectivity index (χ1v) is 6.66. The first kappa shape index (κ1) is 11.6. The summed E-state index contributed by atoms with van der Waals surface area (Å²) < 4.78 is 0. The van der Waals surface area contributed by atoms with Gasteiger partial charge in [0.1, 0.15) is 0 Å². The van der Waals surface area contributed by atoms with Gasteiger partial charge in [0, 0.05) is 17.5 Å². The molecule has 2 rings (SSSR count). The smallest absolute Gasteiger partial charge is 0.225 e. The number of amides is 1. The van der Waals surface area contributed by atoms with Gasteiger partial charge in [-0.1, -0.05) is 13.0 Å². The summed E-state index contributed by atoms with van der Waals surface area (Å²) in [7, 11) is 0. The standard InChI is InChI=1S/C12H18N2OS/c1-9-4-5-13-8-11(9)14-12(15)7-10-3-2-6-16-10/h2-3,6,9,11,13H,4-5,7-8H2,1H3,(H,14,15). The van der Waals surface area contributed by atoms with Crippen LogP contribution in [0.1, 0.15) is 18.2 Å². The normalized spacial score (nSPS) is 25.3. The molecule has 0 radical (unpaired) electrons. The molecule has 1 aliphatic heterocycles. The van der Waals surface area contributed by atoms with Crippen LogP contribution in [0.5, 0.6) is 0 Å². The second kappa shape index (κ2) is 5.46. The van der Waals surface area contributed by atoms with Crippen LogP contribution in [0, 0.1) is 5.92 Å². The lowest BCUT2D eigenvalue weighted by Gasteiger charge is -2.30. The van der Waals surface area contributed by atoms with Gasteiger partial charge in [0.25, 0.3) is 0 Å². The molecule has 88 valence electrons. The molecule has 1 saturated heterocycles. The minimum absolute atomic E-state index is 0.142. The summed E-state index contributed by atoms with van der Waals surface area (Å²) in [6, 6.07) is 4.28. The molecule has 2 unspecified atom stereocenters. The van der Waals surface area contributed by atoms with Gasteiger partial charge in [-0.05, 0) is 30.3 Å². The number of thiophene rings is 1. The summed E-state index contributed by atoms with van der Waals surface area (Å²) in [5, 5.41) is 8.44. The molecule has 1 aromatic rings. The molecule has 16 heavy (non-hydrogen) atoms. The summed E-state index contributed by atoms with van der Waals surface area (Å²) in [6.45, 7) is 4.17. The fraction of sp³-hybridized carbons (Fsp3) is 0.583. The van der Waals surface area contributed by atoms with Crippen LogP contribution in [0.25, 0.3) is 0 Å². The molecule has 1 amide bonds. The molecule has 1 aromatic heterocycles. The number of piperidine rings is 1. The summed E-state index contributed by atoms with van der Waals surface area (Å²) in [6.07, 6.45) is 1.66. The number of hydrogen-bond donors (Lipinski definition) is 2. The largest absolute Gasteiger partial charge is 0.352 e. The predicted octanol–water partition coefficient (Wildman–Crippen LogP) is 1.40. The van der Waals surface area contributed by atoms with Gasteiger partial charge in [0.2, 0.25) is 5.91 Å². The van der Waals surface area contributed by atoms with Crippen LogP contribution in [0.15, 0.2) is 17.5 Å². The lowest BCUT2D eigenvalue weighted by atomic mass is 9.95. The van der Waals surface area contributed by atoms with Gasteiger partial charge < -0.3 is 10.6 Å². The van der Waals surface area contributed by atoms with E-state index in [1.807, 2.05) is 17.5 Å². The van der Waals surface area contributed by atoms with Gasteiger partial charge in [-0.2, -0.15) is 0 Å². The molecule has 2 N–H and O–H groups in total. The summed E-state index contributed by atoms with van der Waals surface area (Å²) in [5.41, 5.74) is 0. The summed E-state index contributed by atoms with van der Waals surface area (Å²) in [4.78, 5) is 12.9. The molecule has 0 spiro atoms. The van der Waals surface area contributed by atoms with E-state index >= 15 is 0 Å². The Morgan fingerprint density at radius 2 is 2.56 bits per heavy atom. The van der Waals surface area contributed by atoms with Gasteiger partial charge in [0.05, 0.1) is 6.42 Å². The second-order valence-electron chi connectivity index (χ2n) is 4.40. The second-order valence-corrected chi connectivity index (χ2v) is 5.43. The van der Waals surface area contributed by atoms with E-state index in [2.05, 4.69) is 17.6 Å². The Morgan fingerprint density at radius 1 is 1.69 bits per heavy atom. The van der Waals surface area contributed by atoms with Crippen LogP contribution in [0.3, 0.4) is 0 Å². The van der Waals surface area contributed by atoms with Crippen molar-refractivity contribution < 1.29 is 4.79 Å². The van der Waals surface area contributed by atoms with Crippen molar-refractivity contribution in [1.29, 1.82) is 0 Å². The van der Waals surface area contributed by atoms with E-state index in [0.29, 0.717) is 18.4 Å². The van der Waals surface area contributed by atoms with E-state index in [1.54, 1.807) is 11.3 Å². The number of carbonyl (C=O) groups excluding carboxylic acids is 1. The molecule has 0 aromatic carbocycles. The first-order valence-electron chi connectivity index (χ1n) is 5.78. The fourth-order valence-electron chi connectivity index (χ4n) is 2.01. The Kier molecular flexibility index (Phi) is 3.96. The Hall–Kier alpha value is -0.870. The molecular weight excluding hydrogens is 220 g/mol. The van der Waals surface area contributed by atoms with Gasteiger partial charge in [-0.15, -0.1) is 11.3 Å². The highest BCUT2D eigenvalue weighted by Crippen LogP contribution is 2.13. The highest BCUT2D eigenvalue weighted by molar-refractivity contribution is 7.10. The topological polar surface area (TPSA) is 41.1 Å². The molecule has 3 nitrogen and oxygen atoms in total. The van der Waals surface area contributed by atoms with Crippen molar-refractivity contribution in [3.8, 4) is 0 Å². The number of rotatable bonds is 3. The van der Waals surface area contributed by atoms with Gasteiger partial charge in [-0.25, -0.2) is 0 Å². The first-order chi connectivity index (χ1) is 7.75.